The Morgan fingerprint density at radius 1 is 1.30 bits per heavy atom. The maximum Gasteiger partial charge on any atom is 0.410 e. The lowest BCUT2D eigenvalue weighted by Gasteiger charge is -2.32. The predicted molar refractivity (Wildman–Crippen MR) is 123 cm³/mol. The van der Waals surface area contributed by atoms with Crippen LogP contribution in [-0.2, 0) is 11.2 Å². The number of likely N-dealkylation sites (tertiary alicyclic amines) is 1. The van der Waals surface area contributed by atoms with Gasteiger partial charge in [0.1, 0.15) is 11.8 Å². The molecule has 1 amide bonds. The highest BCUT2D eigenvalue weighted by atomic mass is 16.6. The van der Waals surface area contributed by atoms with Crippen LogP contribution in [0.15, 0.2) is 29.2 Å². The van der Waals surface area contributed by atoms with E-state index in [1.54, 1.807) is 29.3 Å². The number of pyridine rings is 2. The second kappa shape index (κ2) is 11.6. The lowest BCUT2D eigenvalue weighted by molar-refractivity contribution is 0.0511. The standard InChI is InChI=1S/C23H32N4O6/c1-15(2)32-23(30)27-12-9-17(10-13-27)33-19-8-11-24-21(20(19)31-3)26-18-7-6-16(5-4-14-28)25-22(18)29/h6-8,11,15,17,28H,4-5,9-10,12-14H2,1-3H3,(H,24,26)(H,25,29). The van der Waals surface area contributed by atoms with Gasteiger partial charge in [0.05, 0.1) is 13.2 Å². The number of aromatic nitrogens is 2. The first-order valence-electron chi connectivity index (χ1n) is 11.2. The van der Waals surface area contributed by atoms with Crippen molar-refractivity contribution in [3.05, 3.63) is 40.4 Å². The number of carbonyl (C=O) groups is 1. The van der Waals surface area contributed by atoms with E-state index in [1.165, 1.54) is 7.11 Å². The minimum absolute atomic E-state index is 0.0665. The molecule has 2 aromatic heterocycles. The van der Waals surface area contributed by atoms with Gasteiger partial charge in [-0.05, 0) is 38.8 Å². The monoisotopic (exact) mass is 460 g/mol. The zero-order valence-electron chi connectivity index (χ0n) is 19.3. The second-order valence-corrected chi connectivity index (χ2v) is 8.11. The molecule has 0 radical (unpaired) electrons. The first kappa shape index (κ1) is 24.4. The smallest absolute Gasteiger partial charge is 0.410 e. The van der Waals surface area contributed by atoms with E-state index in [1.807, 2.05) is 13.8 Å². The van der Waals surface area contributed by atoms with E-state index in [2.05, 4.69) is 15.3 Å². The number of carbonyl (C=O) groups excluding carboxylic acids is 1. The quantitative estimate of drug-likeness (QED) is 0.522. The molecular formula is C23H32N4O6. The molecule has 0 unspecified atom stereocenters. The number of nitrogens with one attached hydrogen (secondary N) is 2. The molecule has 3 rings (SSSR count). The van der Waals surface area contributed by atoms with Crippen LogP contribution in [0, 0.1) is 0 Å². The number of H-pyrrole nitrogens is 1. The van der Waals surface area contributed by atoms with Crippen molar-refractivity contribution in [1.29, 1.82) is 0 Å². The number of piperidine rings is 1. The average molecular weight is 461 g/mol. The number of nitrogens with zero attached hydrogens (tertiary/aromatic N) is 2. The first-order valence-corrected chi connectivity index (χ1v) is 11.2. The van der Waals surface area contributed by atoms with Crippen molar-refractivity contribution in [3.63, 3.8) is 0 Å². The SMILES string of the molecule is COc1c(OC2CCN(C(=O)OC(C)C)CC2)ccnc1Nc1ccc(CCCO)[nH]c1=O. The second-order valence-electron chi connectivity index (χ2n) is 8.11. The number of rotatable bonds is 9. The fourth-order valence-corrected chi connectivity index (χ4v) is 3.58. The number of amides is 1. The number of aliphatic hydroxyl groups excluding tert-OH is 1. The highest BCUT2D eigenvalue weighted by Crippen LogP contribution is 2.36. The van der Waals surface area contributed by atoms with Crippen LogP contribution in [0.25, 0.3) is 0 Å². The van der Waals surface area contributed by atoms with Gasteiger partial charge in [0.25, 0.3) is 5.56 Å². The number of ether oxygens (including phenoxy) is 3. The third kappa shape index (κ3) is 6.61. The topological polar surface area (TPSA) is 126 Å². The Bertz CT molecular complexity index is 985. The fourth-order valence-electron chi connectivity index (χ4n) is 3.58. The van der Waals surface area contributed by atoms with Gasteiger partial charge >= 0.3 is 6.09 Å². The predicted octanol–water partition coefficient (Wildman–Crippen LogP) is 2.84. The molecule has 3 N–H and O–H groups in total. The van der Waals surface area contributed by atoms with Crippen LogP contribution in [0.4, 0.5) is 16.3 Å². The Morgan fingerprint density at radius 2 is 2.06 bits per heavy atom. The largest absolute Gasteiger partial charge is 0.490 e. The fraction of sp³-hybridized carbons (Fsp3) is 0.522. The summed E-state index contributed by atoms with van der Waals surface area (Å²) < 4.78 is 17.0. The molecule has 0 spiro atoms. The van der Waals surface area contributed by atoms with E-state index in [0.717, 1.165) is 5.69 Å². The summed E-state index contributed by atoms with van der Waals surface area (Å²) in [6, 6.07) is 5.18. The number of aliphatic hydroxyl groups is 1. The van der Waals surface area contributed by atoms with E-state index in [-0.39, 0.29) is 30.5 Å². The van der Waals surface area contributed by atoms with Crippen molar-refractivity contribution in [2.45, 2.75) is 51.7 Å². The van der Waals surface area contributed by atoms with Crippen molar-refractivity contribution in [3.8, 4) is 11.5 Å². The van der Waals surface area contributed by atoms with Crippen LogP contribution in [0.1, 0.15) is 38.8 Å². The van der Waals surface area contributed by atoms with E-state index < -0.39 is 0 Å². The van der Waals surface area contributed by atoms with Crippen LogP contribution in [0.5, 0.6) is 11.5 Å². The minimum atomic E-state index is -0.302. The van der Waals surface area contributed by atoms with Gasteiger partial charge in [-0.3, -0.25) is 4.79 Å². The van der Waals surface area contributed by atoms with E-state index in [0.29, 0.717) is 61.8 Å². The maximum atomic E-state index is 12.4. The van der Waals surface area contributed by atoms with Gasteiger partial charge < -0.3 is 34.5 Å². The molecule has 180 valence electrons. The molecule has 0 saturated carbocycles. The Labute approximate surface area is 192 Å². The van der Waals surface area contributed by atoms with E-state index in [9.17, 15) is 9.59 Å². The van der Waals surface area contributed by atoms with Gasteiger partial charge in [0.2, 0.25) is 5.75 Å². The zero-order chi connectivity index (χ0) is 23.8. The summed E-state index contributed by atoms with van der Waals surface area (Å²) in [6.45, 7) is 4.82. The lowest BCUT2D eigenvalue weighted by atomic mass is 10.1. The molecule has 10 heteroatoms. The molecule has 1 fully saturated rings. The molecule has 1 aliphatic rings. The van der Waals surface area contributed by atoms with Crippen LogP contribution >= 0.6 is 0 Å². The summed E-state index contributed by atoms with van der Waals surface area (Å²) in [5.74, 6) is 1.26. The molecule has 3 heterocycles. The van der Waals surface area contributed by atoms with Crippen molar-refractivity contribution in [2.75, 3.05) is 32.1 Å². The Kier molecular flexibility index (Phi) is 8.53. The molecule has 0 bridgehead atoms. The van der Waals surface area contributed by atoms with Gasteiger partial charge in [-0.2, -0.15) is 0 Å². The number of hydrogen-bond acceptors (Lipinski definition) is 8. The van der Waals surface area contributed by atoms with Crippen LogP contribution in [0.2, 0.25) is 0 Å². The van der Waals surface area contributed by atoms with Gasteiger partial charge in [-0.15, -0.1) is 0 Å². The molecule has 10 nitrogen and oxygen atoms in total. The van der Waals surface area contributed by atoms with Gasteiger partial charge in [-0.25, -0.2) is 9.78 Å². The van der Waals surface area contributed by atoms with Crippen molar-refractivity contribution in [1.82, 2.24) is 14.9 Å². The summed E-state index contributed by atoms with van der Waals surface area (Å²) in [7, 11) is 1.52. The van der Waals surface area contributed by atoms with E-state index >= 15 is 0 Å². The van der Waals surface area contributed by atoms with Crippen LogP contribution in [-0.4, -0.2) is 65.1 Å². The molecule has 0 atom stereocenters. The Morgan fingerprint density at radius 3 is 2.70 bits per heavy atom. The Hall–Kier alpha value is -3.27. The van der Waals surface area contributed by atoms with Crippen molar-refractivity contribution in [2.24, 2.45) is 0 Å². The van der Waals surface area contributed by atoms with Crippen molar-refractivity contribution < 1.29 is 24.1 Å². The third-order valence-corrected chi connectivity index (χ3v) is 5.23. The van der Waals surface area contributed by atoms with Crippen molar-refractivity contribution >= 4 is 17.6 Å². The number of anilines is 2. The minimum Gasteiger partial charge on any atom is -0.490 e. The lowest BCUT2D eigenvalue weighted by Crippen LogP contribution is -2.42. The number of methoxy groups -OCH3 is 1. The summed E-state index contributed by atoms with van der Waals surface area (Å²) in [5, 5.41) is 12.0. The van der Waals surface area contributed by atoms with Crippen LogP contribution < -0.4 is 20.3 Å². The molecule has 2 aromatic rings. The molecule has 0 aliphatic carbocycles. The van der Waals surface area contributed by atoms with Gasteiger partial charge in [0.15, 0.2) is 11.6 Å². The zero-order valence-corrected chi connectivity index (χ0v) is 19.3. The maximum absolute atomic E-state index is 12.4. The molecular weight excluding hydrogens is 428 g/mol. The number of aromatic amines is 1. The Balaban J connectivity index is 1.66. The normalized spacial score (nSPS) is 14.3. The molecule has 1 saturated heterocycles. The average Bonchev–Trinajstić information content (AvgIpc) is 2.79. The summed E-state index contributed by atoms with van der Waals surface area (Å²) >= 11 is 0. The summed E-state index contributed by atoms with van der Waals surface area (Å²) in [5.41, 5.74) is 0.782. The number of hydrogen-bond donors (Lipinski definition) is 3. The van der Waals surface area contributed by atoms with Crippen LogP contribution in [0.3, 0.4) is 0 Å². The van der Waals surface area contributed by atoms with Gasteiger partial charge in [-0.1, -0.05) is 0 Å². The highest BCUT2D eigenvalue weighted by molar-refractivity contribution is 5.68. The molecule has 0 aromatic carbocycles. The highest BCUT2D eigenvalue weighted by Gasteiger charge is 2.26. The molecule has 33 heavy (non-hydrogen) atoms. The summed E-state index contributed by atoms with van der Waals surface area (Å²) in [4.78, 5) is 33.3. The number of aryl methyl sites for hydroxylation is 1. The van der Waals surface area contributed by atoms with Gasteiger partial charge in [0, 0.05) is 50.5 Å². The van der Waals surface area contributed by atoms with E-state index in [4.69, 9.17) is 19.3 Å². The first-order chi connectivity index (χ1) is 15.9. The summed E-state index contributed by atoms with van der Waals surface area (Å²) in [6.07, 6.45) is 3.53. The third-order valence-electron chi connectivity index (χ3n) is 5.23. The molecule has 1 aliphatic heterocycles.